The van der Waals surface area contributed by atoms with E-state index >= 15 is 0 Å². The number of nitro groups is 8. The molecular formula is C67H69N11NiO30. The average Bonchev–Trinajstić information content (AvgIpc) is 1.55. The summed E-state index contributed by atoms with van der Waals surface area (Å²) in [6.07, 6.45) is 4.69. The van der Waals surface area contributed by atoms with E-state index in [1.54, 1.807) is 74.6 Å². The summed E-state index contributed by atoms with van der Waals surface area (Å²) >= 11 is 0. The molecule has 7 N–H and O–H groups in total. The van der Waals surface area contributed by atoms with Gasteiger partial charge in [0.15, 0.2) is 0 Å². The first kappa shape index (κ1) is 94.4. The summed E-state index contributed by atoms with van der Waals surface area (Å²) < 4.78 is 14.3. The van der Waals surface area contributed by atoms with Gasteiger partial charge >= 0.3 is 41.8 Å². The number of nitrogen functional groups attached to an aromatic ring is 1. The van der Waals surface area contributed by atoms with Crippen LogP contribution in [0.5, 0.6) is 0 Å². The summed E-state index contributed by atoms with van der Waals surface area (Å²) in [4.78, 5) is 161. The molecule has 582 valence electrons. The van der Waals surface area contributed by atoms with Crippen LogP contribution >= 0.6 is 0 Å². The largest absolute Gasteiger partial charge is 0.478 e. The standard InChI is InChI=1S/C13H15N3O6.C11H12N2O2.C10H10N2O6.2C8H6N2O6.2C8H8O2.CH4.Ni/c1-4-22-13(17)11-10(15(18)19)6-5-9(7-8-14(2)3)12(11)16(20)21;1-2-15-11(14)9-8(12)4-3-7-5-6-13-10(7)9;1-3-18-10(13)8-7(11(14)15)5-4-6(2)9(8)12(16)17;2*1-4-2-3-5(9(13)14)6(8(11)12)7(4)10(15)16;2*1-6-3-2-4-7(5-6)8(9)10;;/h5-8H,4H2,1-3H3;3-6,13H,2,12H2,1H3;4-5H,3H2,1-2H3;2*2-3H,1H3,(H,11,12);2*2-5H,1H3,(H,9,10);1H4;/b8-7+;;;;;;;;. The van der Waals surface area contributed by atoms with Gasteiger partial charge in [-0.05, 0) is 128 Å². The molecule has 41 nitrogen and oxygen atoms in total. The summed E-state index contributed by atoms with van der Waals surface area (Å²) in [6, 6.07) is 27.8. The first-order chi connectivity index (χ1) is 50.0. The van der Waals surface area contributed by atoms with Gasteiger partial charge < -0.3 is 50.3 Å². The fourth-order valence-corrected chi connectivity index (χ4v) is 8.88. The Morgan fingerprint density at radius 1 is 0.431 bits per heavy atom. The van der Waals surface area contributed by atoms with Crippen LogP contribution in [-0.4, -0.2) is 145 Å². The number of nitro benzene ring substituents is 8. The van der Waals surface area contributed by atoms with Gasteiger partial charge in [-0.15, -0.1) is 0 Å². The normalized spacial score (nSPS) is 9.78. The van der Waals surface area contributed by atoms with Gasteiger partial charge in [0.25, 0.3) is 45.5 Å². The van der Waals surface area contributed by atoms with Crippen LogP contribution in [0.2, 0.25) is 0 Å². The van der Waals surface area contributed by atoms with Crippen molar-refractivity contribution >= 4 is 110 Å². The molecule has 0 atom stereocenters. The zero-order valence-corrected chi connectivity index (χ0v) is 59.1. The average molecular weight is 1570 g/mol. The van der Waals surface area contributed by atoms with Crippen molar-refractivity contribution in [3.8, 4) is 0 Å². The molecule has 0 aliphatic heterocycles. The molecule has 0 saturated carbocycles. The second-order valence-electron chi connectivity index (χ2n) is 21.2. The van der Waals surface area contributed by atoms with Crippen molar-refractivity contribution in [2.75, 3.05) is 39.6 Å². The minimum Gasteiger partial charge on any atom is -0.478 e. The van der Waals surface area contributed by atoms with Gasteiger partial charge in [-0.2, -0.15) is 0 Å². The number of rotatable bonds is 20. The van der Waals surface area contributed by atoms with E-state index in [1.165, 1.54) is 59.0 Å². The Balaban J connectivity index is 0.00000126. The molecule has 42 heteroatoms. The van der Waals surface area contributed by atoms with E-state index in [2.05, 4.69) is 9.72 Å². The molecule has 0 amide bonds. The number of carbonyl (C=O) groups is 7. The molecule has 1 heterocycles. The Bertz CT molecular complexity index is 4680. The van der Waals surface area contributed by atoms with Crippen LogP contribution in [0, 0.1) is 116 Å². The second kappa shape index (κ2) is 44.1. The molecule has 0 aliphatic carbocycles. The fraction of sp³-hybridized carbons (Fsp3) is 0.209. The van der Waals surface area contributed by atoms with Gasteiger partial charge in [0.2, 0.25) is 22.3 Å². The third-order valence-electron chi connectivity index (χ3n) is 13.5. The zero-order chi connectivity index (χ0) is 81.6. The van der Waals surface area contributed by atoms with E-state index in [0.717, 1.165) is 58.4 Å². The monoisotopic (exact) mass is 1570 g/mol. The van der Waals surface area contributed by atoms with Crippen LogP contribution in [0.3, 0.4) is 0 Å². The summed E-state index contributed by atoms with van der Waals surface area (Å²) in [5.41, 5.74) is 1.67. The number of nitrogens with two attached hydrogens (primary N) is 1. The Hall–Kier alpha value is -14.6. The number of carboxylic acid groups (broad SMARTS) is 4. The topological polar surface area (TPSA) is 618 Å². The second-order valence-corrected chi connectivity index (χ2v) is 21.2. The summed E-state index contributed by atoms with van der Waals surface area (Å²) in [6.45, 7) is 12.8. The van der Waals surface area contributed by atoms with Crippen LogP contribution in [0.4, 0.5) is 51.2 Å². The molecule has 0 aliphatic rings. The Labute approximate surface area is 624 Å². The number of benzene rings is 7. The third kappa shape index (κ3) is 26.9. The number of hydrogen-bond donors (Lipinski definition) is 6. The van der Waals surface area contributed by atoms with Crippen LogP contribution < -0.4 is 5.73 Å². The van der Waals surface area contributed by atoms with Crippen molar-refractivity contribution in [3.05, 3.63) is 281 Å². The molecule has 109 heavy (non-hydrogen) atoms. The molecular weight excluding hydrogens is 1500 g/mol. The van der Waals surface area contributed by atoms with Gasteiger partial charge in [0.05, 0.1) is 81.4 Å². The summed E-state index contributed by atoms with van der Waals surface area (Å²) in [5, 5.41) is 122. The number of anilines is 1. The number of aryl methyl sites for hydroxylation is 5. The van der Waals surface area contributed by atoms with Gasteiger partial charge in [0.1, 0.15) is 5.56 Å². The fourth-order valence-electron chi connectivity index (χ4n) is 8.88. The van der Waals surface area contributed by atoms with E-state index < -0.39 is 143 Å². The number of carboxylic acids is 4. The van der Waals surface area contributed by atoms with Crippen molar-refractivity contribution in [3.63, 3.8) is 0 Å². The van der Waals surface area contributed by atoms with E-state index in [4.69, 9.17) is 35.6 Å². The first-order valence-electron chi connectivity index (χ1n) is 30.1. The molecule has 8 rings (SSSR count). The molecule has 0 fully saturated rings. The predicted molar refractivity (Wildman–Crippen MR) is 383 cm³/mol. The number of nitrogens with one attached hydrogen (secondary N) is 1. The van der Waals surface area contributed by atoms with E-state index in [9.17, 15) is 114 Å². The predicted octanol–water partition coefficient (Wildman–Crippen LogP) is 13.2. The summed E-state index contributed by atoms with van der Waals surface area (Å²) in [7, 11) is 3.42. The Morgan fingerprint density at radius 2 is 0.752 bits per heavy atom. The maximum absolute atomic E-state index is 11.9. The first-order valence-corrected chi connectivity index (χ1v) is 30.1. The number of esters is 3. The van der Waals surface area contributed by atoms with Crippen molar-refractivity contribution in [1.82, 2.24) is 9.88 Å². The zero-order valence-electron chi connectivity index (χ0n) is 58.1. The van der Waals surface area contributed by atoms with Crippen LogP contribution in [0.25, 0.3) is 17.0 Å². The molecule has 0 unspecified atom stereocenters. The molecule has 0 saturated heterocycles. The number of aromatic carboxylic acids is 4. The molecule has 0 bridgehead atoms. The number of H-pyrrole nitrogens is 1. The Kier molecular flexibility index (Phi) is 38.2. The maximum Gasteiger partial charge on any atom is 0.352 e. The number of fused-ring (bicyclic) bond motifs is 1. The minimum absolute atomic E-state index is 0. The number of aromatic amines is 1. The smallest absolute Gasteiger partial charge is 0.352 e. The molecule has 8 aromatic rings. The van der Waals surface area contributed by atoms with Crippen LogP contribution in [-0.2, 0) is 30.7 Å². The van der Waals surface area contributed by atoms with E-state index in [1.807, 2.05) is 38.1 Å². The number of aromatic nitrogens is 1. The van der Waals surface area contributed by atoms with Crippen molar-refractivity contribution in [2.45, 2.75) is 62.8 Å². The number of hydrogen-bond acceptors (Lipinski definition) is 28. The van der Waals surface area contributed by atoms with Crippen LogP contribution in [0.1, 0.15) is 134 Å². The van der Waals surface area contributed by atoms with Crippen molar-refractivity contribution in [2.24, 2.45) is 0 Å². The summed E-state index contributed by atoms with van der Waals surface area (Å²) in [5.74, 6) is -7.68. The van der Waals surface area contributed by atoms with Gasteiger partial charge in [-0.25, -0.2) is 33.6 Å². The number of nitrogens with zero attached hydrogens (tertiary/aromatic N) is 9. The van der Waals surface area contributed by atoms with E-state index in [0.29, 0.717) is 29.0 Å². The molecule has 7 aromatic carbocycles. The van der Waals surface area contributed by atoms with Gasteiger partial charge in [-0.1, -0.05) is 48.9 Å². The minimum atomic E-state index is -1.69. The SMILES string of the molecule is C.CCOC(=O)c1c(N)ccc2cc[nH]c12.CCOC(=O)c1c([N+](=O)[O-])ccc(/C=C/N(C)C)c1[N+](=O)[O-].CCOC(=O)c1c([N+](=O)[O-])ccc(C)c1[N+](=O)[O-].Cc1ccc([N+](=O)[O-])c(C(=O)O)c1[N+](=O)[O-].Cc1ccc([N+](=O)[O-])c(C(=O)O)c1[N+](=O)[O-].Cc1cccc(C(=O)O)c1.Cc1cccc(C(=O)O)c1.[Ni]. The van der Waals surface area contributed by atoms with Crippen molar-refractivity contribution < 1.29 is 124 Å². The molecule has 1 aromatic heterocycles. The molecule has 0 spiro atoms. The van der Waals surface area contributed by atoms with E-state index in [-0.39, 0.29) is 65.4 Å². The Morgan fingerprint density at radius 3 is 1.05 bits per heavy atom. The molecule has 0 radical (unpaired) electrons. The van der Waals surface area contributed by atoms with Gasteiger partial charge in [-0.3, -0.25) is 80.9 Å². The van der Waals surface area contributed by atoms with Crippen molar-refractivity contribution in [1.29, 1.82) is 0 Å². The maximum atomic E-state index is 11.9. The quantitative estimate of drug-likeness (QED) is 0.0103. The van der Waals surface area contributed by atoms with Crippen LogP contribution in [0.15, 0.2) is 128 Å². The third-order valence-corrected chi connectivity index (χ3v) is 13.5. The number of carbonyl (C=O) groups excluding carboxylic acids is 3. The van der Waals surface area contributed by atoms with Gasteiger partial charge in [0, 0.05) is 88.8 Å². The number of ether oxygens (including phenoxy) is 3.